The Morgan fingerprint density at radius 1 is 1.25 bits per heavy atom. The van der Waals surface area contributed by atoms with Gasteiger partial charge in [-0.05, 0) is 39.0 Å². The number of fused-ring (bicyclic) bond motifs is 1. The van der Waals surface area contributed by atoms with Gasteiger partial charge < -0.3 is 14.8 Å². The van der Waals surface area contributed by atoms with Gasteiger partial charge in [-0.25, -0.2) is 0 Å². The zero-order valence-corrected chi connectivity index (χ0v) is 9.82. The highest BCUT2D eigenvalue weighted by Crippen LogP contribution is 2.27. The molecule has 0 saturated heterocycles. The molecule has 0 aliphatic carbocycles. The van der Waals surface area contributed by atoms with E-state index in [0.717, 1.165) is 22.2 Å². The molecule has 0 radical (unpaired) electrons. The topological polar surface area (TPSA) is 45.2 Å². The third-order valence-electron chi connectivity index (χ3n) is 2.51. The van der Waals surface area contributed by atoms with Crippen LogP contribution in [0.3, 0.4) is 0 Å². The lowest BCUT2D eigenvalue weighted by molar-refractivity contribution is 0.201. The standard InChI is InChI=1S/C13H17NO2/c1-8(2)16-10-4-5-13-11(6-10)12(7-14-13)9(3)15/h4-9,14-15H,1-3H3/t9-/m0/s1. The van der Waals surface area contributed by atoms with Gasteiger partial charge in [-0.3, -0.25) is 0 Å². The summed E-state index contributed by atoms with van der Waals surface area (Å²) in [5.41, 5.74) is 1.93. The summed E-state index contributed by atoms with van der Waals surface area (Å²) in [4.78, 5) is 3.13. The maximum absolute atomic E-state index is 9.62. The first-order valence-electron chi connectivity index (χ1n) is 5.53. The molecule has 3 heteroatoms. The lowest BCUT2D eigenvalue weighted by Crippen LogP contribution is -2.05. The van der Waals surface area contributed by atoms with E-state index in [-0.39, 0.29) is 6.10 Å². The minimum Gasteiger partial charge on any atom is -0.491 e. The van der Waals surface area contributed by atoms with Crippen molar-refractivity contribution in [3.05, 3.63) is 30.0 Å². The van der Waals surface area contributed by atoms with Crippen molar-refractivity contribution in [1.29, 1.82) is 0 Å². The second-order valence-electron chi connectivity index (χ2n) is 4.29. The first kappa shape index (κ1) is 11.0. The Hall–Kier alpha value is -1.48. The van der Waals surface area contributed by atoms with Crippen molar-refractivity contribution in [1.82, 2.24) is 4.98 Å². The van der Waals surface area contributed by atoms with Gasteiger partial charge in [0, 0.05) is 22.7 Å². The average Bonchev–Trinajstić information content (AvgIpc) is 2.59. The van der Waals surface area contributed by atoms with Gasteiger partial charge in [-0.1, -0.05) is 0 Å². The number of rotatable bonds is 3. The molecule has 1 aromatic heterocycles. The van der Waals surface area contributed by atoms with Crippen molar-refractivity contribution in [2.45, 2.75) is 33.0 Å². The molecule has 2 rings (SSSR count). The normalized spacial score (nSPS) is 13.3. The number of benzene rings is 1. The zero-order valence-electron chi connectivity index (χ0n) is 9.82. The Bertz CT molecular complexity index is 486. The monoisotopic (exact) mass is 219 g/mol. The molecule has 0 aliphatic rings. The molecule has 0 aliphatic heterocycles. The highest BCUT2D eigenvalue weighted by molar-refractivity contribution is 5.84. The van der Waals surface area contributed by atoms with Crippen molar-refractivity contribution in [2.24, 2.45) is 0 Å². The fraction of sp³-hybridized carbons (Fsp3) is 0.385. The molecule has 1 aromatic carbocycles. The molecular formula is C13H17NO2. The van der Waals surface area contributed by atoms with Crippen LogP contribution in [0.1, 0.15) is 32.4 Å². The lowest BCUT2D eigenvalue weighted by Gasteiger charge is -2.10. The number of aromatic nitrogens is 1. The summed E-state index contributed by atoms with van der Waals surface area (Å²) in [7, 11) is 0. The van der Waals surface area contributed by atoms with Crippen molar-refractivity contribution in [3.63, 3.8) is 0 Å². The Kier molecular flexibility index (Phi) is 2.88. The van der Waals surface area contributed by atoms with Gasteiger partial charge >= 0.3 is 0 Å². The summed E-state index contributed by atoms with van der Waals surface area (Å²) in [6.07, 6.45) is 1.53. The van der Waals surface area contributed by atoms with Crippen LogP contribution >= 0.6 is 0 Å². The molecule has 0 unspecified atom stereocenters. The first-order valence-corrected chi connectivity index (χ1v) is 5.53. The average molecular weight is 219 g/mol. The van der Waals surface area contributed by atoms with Crippen LogP contribution in [0.4, 0.5) is 0 Å². The van der Waals surface area contributed by atoms with E-state index in [1.165, 1.54) is 0 Å². The van der Waals surface area contributed by atoms with Crippen molar-refractivity contribution >= 4 is 10.9 Å². The number of H-pyrrole nitrogens is 1. The summed E-state index contributed by atoms with van der Waals surface area (Å²) in [6.45, 7) is 5.76. The van der Waals surface area contributed by atoms with E-state index in [2.05, 4.69) is 4.98 Å². The summed E-state index contributed by atoms with van der Waals surface area (Å²) < 4.78 is 5.63. The predicted octanol–water partition coefficient (Wildman–Crippen LogP) is 3.01. The summed E-state index contributed by atoms with van der Waals surface area (Å²) in [5.74, 6) is 0.837. The molecular weight excluding hydrogens is 202 g/mol. The third-order valence-corrected chi connectivity index (χ3v) is 2.51. The fourth-order valence-electron chi connectivity index (χ4n) is 1.81. The third kappa shape index (κ3) is 2.04. The Morgan fingerprint density at radius 2 is 2.00 bits per heavy atom. The van der Waals surface area contributed by atoms with E-state index in [1.54, 1.807) is 6.92 Å². The molecule has 0 fully saturated rings. The molecule has 0 spiro atoms. The lowest BCUT2D eigenvalue weighted by atomic mass is 10.1. The van der Waals surface area contributed by atoms with Crippen LogP contribution in [-0.2, 0) is 0 Å². The molecule has 2 N–H and O–H groups in total. The predicted molar refractivity (Wildman–Crippen MR) is 64.7 cm³/mol. The molecule has 3 nitrogen and oxygen atoms in total. The number of aliphatic hydroxyl groups excluding tert-OH is 1. The smallest absolute Gasteiger partial charge is 0.120 e. The SMILES string of the molecule is CC(C)Oc1ccc2[nH]cc([C@H](C)O)c2c1. The van der Waals surface area contributed by atoms with E-state index in [9.17, 15) is 5.11 Å². The van der Waals surface area contributed by atoms with E-state index in [4.69, 9.17) is 4.74 Å². The summed E-state index contributed by atoms with van der Waals surface area (Å²) in [6, 6.07) is 5.87. The summed E-state index contributed by atoms with van der Waals surface area (Å²) in [5, 5.41) is 10.6. The number of ether oxygens (including phenoxy) is 1. The van der Waals surface area contributed by atoms with Crippen molar-refractivity contribution < 1.29 is 9.84 Å². The number of nitrogens with one attached hydrogen (secondary N) is 1. The Labute approximate surface area is 95.1 Å². The van der Waals surface area contributed by atoms with Crippen LogP contribution in [0.15, 0.2) is 24.4 Å². The van der Waals surface area contributed by atoms with E-state index in [0.29, 0.717) is 0 Å². The van der Waals surface area contributed by atoms with Gasteiger partial charge in [0.1, 0.15) is 5.75 Å². The van der Waals surface area contributed by atoms with Crippen LogP contribution in [0.25, 0.3) is 10.9 Å². The van der Waals surface area contributed by atoms with Crippen molar-refractivity contribution in [3.8, 4) is 5.75 Å². The molecule has 86 valence electrons. The van der Waals surface area contributed by atoms with Gasteiger partial charge in [0.05, 0.1) is 12.2 Å². The Balaban J connectivity index is 2.46. The maximum Gasteiger partial charge on any atom is 0.120 e. The quantitative estimate of drug-likeness (QED) is 0.833. The van der Waals surface area contributed by atoms with Crippen LogP contribution < -0.4 is 4.74 Å². The van der Waals surface area contributed by atoms with Crippen LogP contribution in [0.2, 0.25) is 0 Å². The van der Waals surface area contributed by atoms with E-state index >= 15 is 0 Å². The van der Waals surface area contributed by atoms with Crippen LogP contribution in [0, 0.1) is 0 Å². The minimum atomic E-state index is -0.469. The van der Waals surface area contributed by atoms with Gasteiger partial charge in [-0.2, -0.15) is 0 Å². The molecule has 0 saturated carbocycles. The second kappa shape index (κ2) is 4.18. The van der Waals surface area contributed by atoms with Crippen LogP contribution in [-0.4, -0.2) is 16.2 Å². The number of aliphatic hydroxyl groups is 1. The zero-order chi connectivity index (χ0) is 11.7. The Morgan fingerprint density at radius 3 is 2.62 bits per heavy atom. The second-order valence-corrected chi connectivity index (χ2v) is 4.29. The minimum absolute atomic E-state index is 0.159. The number of aromatic amines is 1. The van der Waals surface area contributed by atoms with Crippen molar-refractivity contribution in [2.75, 3.05) is 0 Å². The fourth-order valence-corrected chi connectivity index (χ4v) is 1.81. The van der Waals surface area contributed by atoms with Gasteiger partial charge in [0.2, 0.25) is 0 Å². The highest BCUT2D eigenvalue weighted by Gasteiger charge is 2.09. The largest absolute Gasteiger partial charge is 0.491 e. The van der Waals surface area contributed by atoms with E-state index in [1.807, 2.05) is 38.2 Å². The van der Waals surface area contributed by atoms with Gasteiger partial charge in [0.15, 0.2) is 0 Å². The molecule has 2 aromatic rings. The van der Waals surface area contributed by atoms with Crippen LogP contribution in [0.5, 0.6) is 5.75 Å². The molecule has 0 amide bonds. The molecule has 1 atom stereocenters. The molecule has 16 heavy (non-hydrogen) atoms. The van der Waals surface area contributed by atoms with Gasteiger partial charge in [0.25, 0.3) is 0 Å². The summed E-state index contributed by atoms with van der Waals surface area (Å²) >= 11 is 0. The first-order chi connectivity index (χ1) is 7.58. The van der Waals surface area contributed by atoms with E-state index < -0.39 is 6.10 Å². The number of hydrogen-bond donors (Lipinski definition) is 2. The highest BCUT2D eigenvalue weighted by atomic mass is 16.5. The molecule has 0 bridgehead atoms. The number of hydrogen-bond acceptors (Lipinski definition) is 2. The maximum atomic E-state index is 9.62. The van der Waals surface area contributed by atoms with Gasteiger partial charge in [-0.15, -0.1) is 0 Å². The molecule has 1 heterocycles.